The molecule has 1 aliphatic heterocycles. The van der Waals surface area contributed by atoms with Crippen molar-refractivity contribution in [2.24, 2.45) is 5.41 Å². The van der Waals surface area contributed by atoms with Crippen molar-refractivity contribution < 1.29 is 14.3 Å². The summed E-state index contributed by atoms with van der Waals surface area (Å²) in [7, 11) is 0. The van der Waals surface area contributed by atoms with Gasteiger partial charge in [0.2, 0.25) is 5.91 Å². The molecule has 20 heavy (non-hydrogen) atoms. The highest BCUT2D eigenvalue weighted by atomic mass is 16.5. The molecule has 0 saturated carbocycles. The lowest BCUT2D eigenvalue weighted by Gasteiger charge is -2.37. The molecule has 1 N–H and O–H groups in total. The molecule has 1 fully saturated rings. The Balaban J connectivity index is 1.80. The van der Waals surface area contributed by atoms with Crippen LogP contribution in [-0.2, 0) is 9.53 Å². The van der Waals surface area contributed by atoms with Crippen molar-refractivity contribution in [3.63, 3.8) is 0 Å². The summed E-state index contributed by atoms with van der Waals surface area (Å²) in [6.07, 6.45) is 3.35. The van der Waals surface area contributed by atoms with Crippen LogP contribution in [0.1, 0.15) is 19.4 Å². The molecule has 1 aromatic carbocycles. The molecule has 0 bridgehead atoms. The molecule has 0 aromatic heterocycles. The molecular weight excluding hydrogens is 254 g/mol. The Hall–Kier alpha value is -1.81. The molecule has 108 valence electrons. The molecule has 0 aliphatic carbocycles. The Morgan fingerprint density at radius 2 is 2.10 bits per heavy atom. The minimum Gasteiger partial charge on any atom is -0.494 e. The number of nitrogens with one attached hydrogen (secondary N) is 1. The van der Waals surface area contributed by atoms with E-state index < -0.39 is 0 Å². The first-order valence-electron chi connectivity index (χ1n) is 6.88. The summed E-state index contributed by atoms with van der Waals surface area (Å²) in [5.74, 6) is 0.763. The van der Waals surface area contributed by atoms with Gasteiger partial charge in [0, 0.05) is 18.0 Å². The van der Waals surface area contributed by atoms with Gasteiger partial charge >= 0.3 is 0 Å². The lowest BCUT2D eigenvalue weighted by molar-refractivity contribution is -0.122. The fourth-order valence-corrected chi connectivity index (χ4v) is 1.93. The van der Waals surface area contributed by atoms with Gasteiger partial charge in [0.15, 0.2) is 0 Å². The first kappa shape index (κ1) is 14.6. The van der Waals surface area contributed by atoms with Gasteiger partial charge in [-0.15, -0.1) is 0 Å². The summed E-state index contributed by atoms with van der Waals surface area (Å²) in [5.41, 5.74) is 1.07. The molecule has 1 aliphatic rings. The molecule has 1 saturated heterocycles. The topological polar surface area (TPSA) is 47.6 Å². The zero-order valence-corrected chi connectivity index (χ0v) is 12.0. The van der Waals surface area contributed by atoms with Crippen LogP contribution in [-0.4, -0.2) is 32.3 Å². The van der Waals surface area contributed by atoms with Crippen LogP contribution in [0, 0.1) is 5.41 Å². The smallest absolute Gasteiger partial charge is 0.244 e. The van der Waals surface area contributed by atoms with Crippen molar-refractivity contribution in [3.8, 4) is 5.75 Å². The summed E-state index contributed by atoms with van der Waals surface area (Å²) >= 11 is 0. The fraction of sp³-hybridized carbons (Fsp3) is 0.438. The number of carbonyl (C=O) groups is 1. The monoisotopic (exact) mass is 275 g/mol. The average Bonchev–Trinajstić information content (AvgIpc) is 2.42. The van der Waals surface area contributed by atoms with Crippen LogP contribution < -0.4 is 10.1 Å². The molecule has 0 radical (unpaired) electrons. The molecule has 0 atom stereocenters. The van der Waals surface area contributed by atoms with Gasteiger partial charge in [-0.1, -0.05) is 19.1 Å². The van der Waals surface area contributed by atoms with E-state index >= 15 is 0 Å². The maximum Gasteiger partial charge on any atom is 0.244 e. The summed E-state index contributed by atoms with van der Waals surface area (Å²) in [6, 6.07) is 7.65. The van der Waals surface area contributed by atoms with E-state index in [1.54, 1.807) is 12.2 Å². The van der Waals surface area contributed by atoms with E-state index in [0.717, 1.165) is 24.5 Å². The summed E-state index contributed by atoms with van der Waals surface area (Å²) in [4.78, 5) is 11.7. The Kier molecular flexibility index (Phi) is 4.79. The third kappa shape index (κ3) is 4.10. The fourth-order valence-electron chi connectivity index (χ4n) is 1.93. The number of amides is 1. The maximum atomic E-state index is 11.7. The van der Waals surface area contributed by atoms with E-state index in [9.17, 15) is 4.79 Å². The van der Waals surface area contributed by atoms with E-state index in [1.807, 2.05) is 31.2 Å². The highest BCUT2D eigenvalue weighted by Crippen LogP contribution is 2.24. The van der Waals surface area contributed by atoms with Gasteiger partial charge < -0.3 is 14.8 Å². The van der Waals surface area contributed by atoms with E-state index in [1.165, 1.54) is 0 Å². The van der Waals surface area contributed by atoms with Gasteiger partial charge in [-0.05, 0) is 30.7 Å². The van der Waals surface area contributed by atoms with Crippen molar-refractivity contribution >= 4 is 12.0 Å². The van der Waals surface area contributed by atoms with Gasteiger partial charge in [-0.2, -0.15) is 0 Å². The maximum absolute atomic E-state index is 11.7. The number of rotatable bonds is 6. The predicted octanol–water partition coefficient (Wildman–Crippen LogP) is 2.25. The van der Waals surface area contributed by atoms with Crippen molar-refractivity contribution in [1.82, 2.24) is 5.32 Å². The number of benzene rings is 1. The number of hydrogen-bond acceptors (Lipinski definition) is 3. The SMILES string of the molecule is CCOc1ccc(/C=C/C(=O)NCC2(C)COC2)cc1. The molecular formula is C16H21NO3. The van der Waals surface area contributed by atoms with E-state index in [4.69, 9.17) is 9.47 Å². The van der Waals surface area contributed by atoms with Crippen LogP contribution in [0.25, 0.3) is 6.08 Å². The van der Waals surface area contributed by atoms with Crippen LogP contribution in [0.15, 0.2) is 30.3 Å². The van der Waals surface area contributed by atoms with Crippen LogP contribution in [0.4, 0.5) is 0 Å². The van der Waals surface area contributed by atoms with Crippen LogP contribution in [0.2, 0.25) is 0 Å². The Labute approximate surface area is 119 Å². The number of carbonyl (C=O) groups excluding carboxylic acids is 1. The van der Waals surface area contributed by atoms with E-state index in [0.29, 0.717) is 13.2 Å². The first-order valence-corrected chi connectivity index (χ1v) is 6.88. The van der Waals surface area contributed by atoms with Crippen molar-refractivity contribution in [2.45, 2.75) is 13.8 Å². The molecule has 0 spiro atoms. The second-order valence-corrected chi connectivity index (χ2v) is 5.36. The molecule has 1 amide bonds. The quantitative estimate of drug-likeness (QED) is 0.810. The van der Waals surface area contributed by atoms with Crippen LogP contribution in [0.3, 0.4) is 0 Å². The summed E-state index contributed by atoms with van der Waals surface area (Å²) in [6.45, 7) is 6.80. The third-order valence-corrected chi connectivity index (χ3v) is 3.21. The zero-order chi connectivity index (χ0) is 14.4. The van der Waals surface area contributed by atoms with E-state index in [2.05, 4.69) is 12.2 Å². The minimum atomic E-state index is -0.0768. The average molecular weight is 275 g/mol. The van der Waals surface area contributed by atoms with Gasteiger partial charge in [0.25, 0.3) is 0 Å². The molecule has 2 rings (SSSR count). The standard InChI is InChI=1S/C16H21NO3/c1-3-20-14-7-4-13(5-8-14)6-9-15(18)17-10-16(2)11-19-12-16/h4-9H,3,10-12H2,1-2H3,(H,17,18)/b9-6+. The lowest BCUT2D eigenvalue weighted by Crippen LogP contribution is -2.48. The third-order valence-electron chi connectivity index (χ3n) is 3.21. The summed E-state index contributed by atoms with van der Waals surface area (Å²) in [5, 5.41) is 2.90. The lowest BCUT2D eigenvalue weighted by atomic mass is 9.89. The molecule has 1 aromatic rings. The minimum absolute atomic E-state index is 0.0768. The molecule has 4 nitrogen and oxygen atoms in total. The molecule has 1 heterocycles. The summed E-state index contributed by atoms with van der Waals surface area (Å²) < 4.78 is 10.5. The second kappa shape index (κ2) is 6.57. The highest BCUT2D eigenvalue weighted by Gasteiger charge is 2.33. The van der Waals surface area contributed by atoms with Crippen molar-refractivity contribution in [2.75, 3.05) is 26.4 Å². The Morgan fingerprint density at radius 3 is 2.65 bits per heavy atom. The predicted molar refractivity (Wildman–Crippen MR) is 78.6 cm³/mol. The Bertz CT molecular complexity index is 475. The highest BCUT2D eigenvalue weighted by molar-refractivity contribution is 5.91. The van der Waals surface area contributed by atoms with Gasteiger partial charge in [0.05, 0.1) is 19.8 Å². The normalized spacial score (nSPS) is 16.7. The van der Waals surface area contributed by atoms with Crippen LogP contribution in [0.5, 0.6) is 5.75 Å². The van der Waals surface area contributed by atoms with Gasteiger partial charge in [-0.25, -0.2) is 0 Å². The van der Waals surface area contributed by atoms with Crippen molar-refractivity contribution in [3.05, 3.63) is 35.9 Å². The van der Waals surface area contributed by atoms with Crippen molar-refractivity contribution in [1.29, 1.82) is 0 Å². The number of hydrogen-bond donors (Lipinski definition) is 1. The van der Waals surface area contributed by atoms with Gasteiger partial charge in [0.1, 0.15) is 5.75 Å². The zero-order valence-electron chi connectivity index (χ0n) is 12.0. The van der Waals surface area contributed by atoms with Crippen LogP contribution >= 0.6 is 0 Å². The first-order chi connectivity index (χ1) is 9.61. The second-order valence-electron chi connectivity index (χ2n) is 5.36. The van der Waals surface area contributed by atoms with Gasteiger partial charge in [-0.3, -0.25) is 4.79 Å². The Morgan fingerprint density at radius 1 is 1.40 bits per heavy atom. The number of ether oxygens (including phenoxy) is 2. The largest absolute Gasteiger partial charge is 0.494 e. The molecule has 4 heteroatoms. The van der Waals surface area contributed by atoms with E-state index in [-0.39, 0.29) is 11.3 Å². The molecule has 0 unspecified atom stereocenters.